The minimum Gasteiger partial charge on any atom is -0.491 e. The predicted octanol–water partition coefficient (Wildman–Crippen LogP) is -0.0960. The largest absolute Gasteiger partial charge is 0.491 e. The van der Waals surface area contributed by atoms with E-state index in [1.165, 1.54) is 0 Å². The number of carbonyl (C=O) groups excluding carboxylic acids is 4. The highest BCUT2D eigenvalue weighted by Gasteiger charge is 2.32. The first-order valence-electron chi connectivity index (χ1n) is 11.4. The van der Waals surface area contributed by atoms with Crippen LogP contribution in [0.1, 0.15) is 43.5 Å². The molecule has 1 aromatic carbocycles. The molecule has 2 atom stereocenters. The predicted molar refractivity (Wildman–Crippen MR) is 119 cm³/mol. The summed E-state index contributed by atoms with van der Waals surface area (Å²) < 4.78 is 5.78. The fourth-order valence-electron chi connectivity index (χ4n) is 3.98. The van der Waals surface area contributed by atoms with Crippen LogP contribution in [0.2, 0.25) is 0 Å². The highest BCUT2D eigenvalue weighted by Crippen LogP contribution is 2.19. The van der Waals surface area contributed by atoms with E-state index in [1.807, 2.05) is 6.92 Å². The monoisotopic (exact) mass is 460 g/mol. The van der Waals surface area contributed by atoms with Crippen molar-refractivity contribution in [1.29, 1.82) is 0 Å². The smallest absolute Gasteiger partial charge is 0.255 e. The summed E-state index contributed by atoms with van der Waals surface area (Å²) in [4.78, 5) is 54.9. The molecule has 3 rings (SSSR count). The molecule has 0 unspecified atom stereocenters. The molecule has 0 spiro atoms. The molecule has 0 bridgehead atoms. The molecule has 0 aromatic heterocycles. The van der Waals surface area contributed by atoms with Crippen LogP contribution in [0.15, 0.2) is 24.3 Å². The summed E-state index contributed by atoms with van der Waals surface area (Å²) in [7, 11) is 0. The third-order valence-corrected chi connectivity index (χ3v) is 5.99. The highest BCUT2D eigenvalue weighted by atomic mass is 16.5. The van der Waals surface area contributed by atoms with Gasteiger partial charge in [-0.2, -0.15) is 0 Å². The number of amides is 4. The van der Waals surface area contributed by atoms with Crippen LogP contribution in [0.4, 0.5) is 0 Å². The normalized spacial score (nSPS) is 23.3. The Morgan fingerprint density at radius 2 is 1.82 bits per heavy atom. The van der Waals surface area contributed by atoms with E-state index in [2.05, 4.69) is 10.6 Å². The lowest BCUT2D eigenvalue weighted by molar-refractivity contribution is -0.138. The molecule has 180 valence electrons. The molecule has 0 radical (unpaired) electrons. The molecule has 33 heavy (non-hydrogen) atoms. The molecule has 4 amide bonds. The molecule has 2 heterocycles. The van der Waals surface area contributed by atoms with Crippen molar-refractivity contribution in [2.45, 2.75) is 51.3 Å². The molecule has 0 aliphatic carbocycles. The standard InChI is InChI=1S/C23H32N4O6/c1-3-26-12-13-33-19-7-5-4-6-17(19)21(30)25-18(22(31)24-15(2)23(26)32)14-20(29)27-10-8-16(28)9-11-27/h4-7,15-16,18,28H,3,8-14H2,1-2H3,(H,24,31)(H,25,30)/t15-,18-/m0/s1. The number of fused-ring (bicyclic) bond motifs is 1. The summed E-state index contributed by atoms with van der Waals surface area (Å²) in [5.41, 5.74) is 0.241. The lowest BCUT2D eigenvalue weighted by atomic mass is 10.1. The van der Waals surface area contributed by atoms with Crippen molar-refractivity contribution < 1.29 is 29.0 Å². The van der Waals surface area contributed by atoms with Gasteiger partial charge in [0.15, 0.2) is 0 Å². The van der Waals surface area contributed by atoms with E-state index in [9.17, 15) is 24.3 Å². The van der Waals surface area contributed by atoms with Crippen molar-refractivity contribution in [2.75, 3.05) is 32.8 Å². The van der Waals surface area contributed by atoms with Gasteiger partial charge in [0, 0.05) is 19.6 Å². The highest BCUT2D eigenvalue weighted by molar-refractivity contribution is 6.01. The van der Waals surface area contributed by atoms with Crippen molar-refractivity contribution in [3.8, 4) is 5.75 Å². The molecule has 10 heteroatoms. The van der Waals surface area contributed by atoms with Gasteiger partial charge < -0.3 is 30.3 Å². The number of nitrogens with one attached hydrogen (secondary N) is 2. The van der Waals surface area contributed by atoms with Gasteiger partial charge in [0.05, 0.1) is 24.6 Å². The average molecular weight is 461 g/mol. The summed E-state index contributed by atoms with van der Waals surface area (Å²) >= 11 is 0. The van der Waals surface area contributed by atoms with Crippen molar-refractivity contribution in [2.24, 2.45) is 0 Å². The molecule has 3 N–H and O–H groups in total. The van der Waals surface area contributed by atoms with Gasteiger partial charge in [0.1, 0.15) is 24.4 Å². The first kappa shape index (κ1) is 24.5. The fraction of sp³-hybridized carbons (Fsp3) is 0.565. The summed E-state index contributed by atoms with van der Waals surface area (Å²) in [5, 5.41) is 15.0. The third-order valence-electron chi connectivity index (χ3n) is 5.99. The first-order valence-corrected chi connectivity index (χ1v) is 11.4. The van der Waals surface area contributed by atoms with E-state index in [0.717, 1.165) is 0 Å². The van der Waals surface area contributed by atoms with Gasteiger partial charge in [-0.1, -0.05) is 12.1 Å². The van der Waals surface area contributed by atoms with Gasteiger partial charge in [-0.05, 0) is 38.8 Å². The molecule has 2 aliphatic rings. The summed E-state index contributed by atoms with van der Waals surface area (Å²) in [6.07, 6.45) is 0.248. The van der Waals surface area contributed by atoms with Gasteiger partial charge in [-0.3, -0.25) is 19.2 Å². The minimum atomic E-state index is -1.17. The Morgan fingerprint density at radius 3 is 2.52 bits per heavy atom. The Hall–Kier alpha value is -3.14. The maximum absolute atomic E-state index is 13.1. The number of hydrogen-bond donors (Lipinski definition) is 3. The van der Waals surface area contributed by atoms with Crippen LogP contribution in [-0.4, -0.2) is 89.5 Å². The number of carbonyl (C=O) groups is 4. The number of aliphatic hydroxyl groups excluding tert-OH is 1. The molecular formula is C23H32N4O6. The first-order chi connectivity index (χ1) is 15.8. The molecule has 10 nitrogen and oxygen atoms in total. The average Bonchev–Trinajstić information content (AvgIpc) is 2.81. The zero-order valence-electron chi connectivity index (χ0n) is 19.1. The fourth-order valence-corrected chi connectivity index (χ4v) is 3.98. The Bertz CT molecular complexity index is 883. The Balaban J connectivity index is 1.85. The van der Waals surface area contributed by atoms with Crippen LogP contribution >= 0.6 is 0 Å². The van der Waals surface area contributed by atoms with Crippen LogP contribution in [0.5, 0.6) is 5.75 Å². The molecule has 2 aliphatic heterocycles. The van der Waals surface area contributed by atoms with Gasteiger partial charge in [-0.25, -0.2) is 0 Å². The number of hydrogen-bond acceptors (Lipinski definition) is 6. The maximum Gasteiger partial charge on any atom is 0.255 e. The van der Waals surface area contributed by atoms with E-state index in [0.29, 0.717) is 44.8 Å². The SMILES string of the molecule is CCN1CCOc2ccccc2C(=O)N[C@@H](CC(=O)N2CCC(O)CC2)C(=O)N[C@@H](C)C1=O. The number of aliphatic hydroxyl groups is 1. The number of rotatable bonds is 3. The number of likely N-dealkylation sites (N-methyl/N-ethyl adjacent to an activating group) is 1. The van der Waals surface area contributed by atoms with Crippen LogP contribution in [0.3, 0.4) is 0 Å². The van der Waals surface area contributed by atoms with Gasteiger partial charge >= 0.3 is 0 Å². The van der Waals surface area contributed by atoms with Crippen LogP contribution < -0.4 is 15.4 Å². The Kier molecular flexibility index (Phi) is 8.26. The second kappa shape index (κ2) is 11.1. The second-order valence-electron chi connectivity index (χ2n) is 8.33. The van der Waals surface area contributed by atoms with Crippen LogP contribution in [0.25, 0.3) is 0 Å². The topological polar surface area (TPSA) is 128 Å². The summed E-state index contributed by atoms with van der Waals surface area (Å²) in [5.74, 6) is -1.39. The zero-order chi connectivity index (χ0) is 24.0. The van der Waals surface area contributed by atoms with Crippen LogP contribution in [-0.2, 0) is 14.4 Å². The molecule has 1 saturated heterocycles. The molecule has 0 saturated carbocycles. The maximum atomic E-state index is 13.1. The van der Waals surface area contributed by atoms with E-state index in [1.54, 1.807) is 41.0 Å². The van der Waals surface area contributed by atoms with E-state index in [-0.39, 0.29) is 30.4 Å². The van der Waals surface area contributed by atoms with Gasteiger partial charge in [-0.15, -0.1) is 0 Å². The minimum absolute atomic E-state index is 0.188. The number of para-hydroxylation sites is 1. The van der Waals surface area contributed by atoms with E-state index >= 15 is 0 Å². The third kappa shape index (κ3) is 6.22. The van der Waals surface area contributed by atoms with Gasteiger partial charge in [0.25, 0.3) is 5.91 Å². The van der Waals surface area contributed by atoms with Crippen LogP contribution in [0, 0.1) is 0 Å². The van der Waals surface area contributed by atoms with Crippen molar-refractivity contribution >= 4 is 23.6 Å². The second-order valence-corrected chi connectivity index (χ2v) is 8.33. The molecule has 1 fully saturated rings. The van der Waals surface area contributed by atoms with E-state index < -0.39 is 30.0 Å². The van der Waals surface area contributed by atoms with Crippen molar-refractivity contribution in [3.05, 3.63) is 29.8 Å². The summed E-state index contributed by atoms with van der Waals surface area (Å²) in [6, 6.07) is 4.64. The lowest BCUT2D eigenvalue weighted by Crippen LogP contribution is -2.55. The number of ether oxygens (including phenoxy) is 1. The van der Waals surface area contributed by atoms with Crippen molar-refractivity contribution in [3.63, 3.8) is 0 Å². The number of likely N-dealkylation sites (tertiary alicyclic amines) is 1. The number of piperidine rings is 1. The Labute approximate surface area is 193 Å². The summed E-state index contributed by atoms with van der Waals surface area (Å²) in [6.45, 7) is 5.11. The van der Waals surface area contributed by atoms with Crippen molar-refractivity contribution in [1.82, 2.24) is 20.4 Å². The Morgan fingerprint density at radius 1 is 1.12 bits per heavy atom. The van der Waals surface area contributed by atoms with E-state index in [4.69, 9.17) is 4.74 Å². The number of benzene rings is 1. The zero-order valence-corrected chi connectivity index (χ0v) is 19.1. The molecular weight excluding hydrogens is 428 g/mol. The van der Waals surface area contributed by atoms with Gasteiger partial charge in [0.2, 0.25) is 17.7 Å². The lowest BCUT2D eigenvalue weighted by Gasteiger charge is -2.31. The molecule has 1 aromatic rings. The number of nitrogens with zero attached hydrogens (tertiary/aromatic N) is 2. The quantitative estimate of drug-likeness (QED) is 0.578.